The van der Waals surface area contributed by atoms with E-state index in [0.717, 1.165) is 11.4 Å². The van der Waals surface area contributed by atoms with Crippen LogP contribution in [0.25, 0.3) is 0 Å². The summed E-state index contributed by atoms with van der Waals surface area (Å²) < 4.78 is 1.72. The first kappa shape index (κ1) is 13.7. The minimum atomic E-state index is 0.477. The van der Waals surface area contributed by atoms with E-state index in [2.05, 4.69) is 16.5 Å². The van der Waals surface area contributed by atoms with E-state index in [1.165, 1.54) is 0 Å². The lowest BCUT2D eigenvalue weighted by molar-refractivity contribution is 0.713. The zero-order valence-corrected chi connectivity index (χ0v) is 12.0. The Morgan fingerprint density at radius 3 is 2.74 bits per heavy atom. The minimum absolute atomic E-state index is 0.477. The average molecular weight is 295 g/mol. The summed E-state index contributed by atoms with van der Waals surface area (Å²) >= 11 is 12.1. The second kappa shape index (κ2) is 5.52. The van der Waals surface area contributed by atoms with E-state index in [4.69, 9.17) is 28.5 Å². The van der Waals surface area contributed by atoms with Crippen molar-refractivity contribution < 1.29 is 0 Å². The summed E-state index contributed by atoms with van der Waals surface area (Å²) in [6, 6.07) is 7.20. The van der Waals surface area contributed by atoms with Gasteiger partial charge in [-0.2, -0.15) is 10.4 Å². The van der Waals surface area contributed by atoms with Gasteiger partial charge in [-0.3, -0.25) is 4.68 Å². The molecule has 6 heteroatoms. The zero-order chi connectivity index (χ0) is 14.0. The molecular formula is C13H12Cl2N4. The van der Waals surface area contributed by atoms with Crippen molar-refractivity contribution in [3.8, 4) is 6.07 Å². The number of aromatic nitrogens is 2. The standard InChI is InChI=1S/C13H12Cl2N4/c1-8-13(15)12(19(2)18-8)7-17-11-5-10(14)4-3-9(11)6-16/h3-5,17H,7H2,1-2H3. The number of halogens is 2. The van der Waals surface area contributed by atoms with Gasteiger partial charge < -0.3 is 5.32 Å². The second-order valence-electron chi connectivity index (χ2n) is 4.12. The minimum Gasteiger partial charge on any atom is -0.378 e. The molecule has 4 nitrogen and oxygen atoms in total. The van der Waals surface area contributed by atoms with Crippen LogP contribution < -0.4 is 5.32 Å². The van der Waals surface area contributed by atoms with Crippen LogP contribution in [0.2, 0.25) is 10.0 Å². The number of nitriles is 1. The Hall–Kier alpha value is -1.70. The molecule has 0 atom stereocenters. The molecule has 0 fully saturated rings. The van der Waals surface area contributed by atoms with Crippen molar-refractivity contribution >= 4 is 28.9 Å². The van der Waals surface area contributed by atoms with Crippen molar-refractivity contribution in [2.24, 2.45) is 7.05 Å². The maximum Gasteiger partial charge on any atom is 0.101 e. The van der Waals surface area contributed by atoms with Crippen molar-refractivity contribution in [3.63, 3.8) is 0 Å². The molecule has 1 aromatic carbocycles. The van der Waals surface area contributed by atoms with Gasteiger partial charge in [-0.1, -0.05) is 23.2 Å². The molecule has 2 rings (SSSR count). The first-order chi connectivity index (χ1) is 9.02. The molecule has 0 aliphatic carbocycles. The van der Waals surface area contributed by atoms with E-state index in [0.29, 0.717) is 27.8 Å². The van der Waals surface area contributed by atoms with Crippen LogP contribution in [0.3, 0.4) is 0 Å². The van der Waals surface area contributed by atoms with Gasteiger partial charge in [0.2, 0.25) is 0 Å². The molecule has 0 saturated heterocycles. The Morgan fingerprint density at radius 1 is 1.42 bits per heavy atom. The first-order valence-electron chi connectivity index (χ1n) is 5.64. The van der Waals surface area contributed by atoms with Gasteiger partial charge in [-0.25, -0.2) is 0 Å². The fourth-order valence-corrected chi connectivity index (χ4v) is 2.21. The Labute approximate surface area is 121 Å². The quantitative estimate of drug-likeness (QED) is 0.942. The van der Waals surface area contributed by atoms with Crippen LogP contribution >= 0.6 is 23.2 Å². The van der Waals surface area contributed by atoms with Crippen LogP contribution in [0.5, 0.6) is 0 Å². The summed E-state index contributed by atoms with van der Waals surface area (Å²) in [6.45, 7) is 2.33. The molecule has 1 heterocycles. The lowest BCUT2D eigenvalue weighted by atomic mass is 10.2. The highest BCUT2D eigenvalue weighted by Gasteiger charge is 2.11. The molecule has 0 spiro atoms. The van der Waals surface area contributed by atoms with Gasteiger partial charge in [0, 0.05) is 12.1 Å². The van der Waals surface area contributed by atoms with Gasteiger partial charge >= 0.3 is 0 Å². The summed E-state index contributed by atoms with van der Waals surface area (Å²) in [5.74, 6) is 0. The van der Waals surface area contributed by atoms with Crippen LogP contribution in [-0.2, 0) is 13.6 Å². The number of anilines is 1. The van der Waals surface area contributed by atoms with E-state index in [9.17, 15) is 0 Å². The molecule has 2 aromatic rings. The molecule has 0 saturated carbocycles. The van der Waals surface area contributed by atoms with E-state index in [-0.39, 0.29) is 0 Å². The Morgan fingerprint density at radius 2 is 2.16 bits per heavy atom. The molecule has 0 bridgehead atoms. The molecule has 19 heavy (non-hydrogen) atoms. The van der Waals surface area contributed by atoms with E-state index >= 15 is 0 Å². The number of hydrogen-bond acceptors (Lipinski definition) is 3. The maximum atomic E-state index is 9.04. The third kappa shape index (κ3) is 2.83. The average Bonchev–Trinajstić information content (AvgIpc) is 2.61. The number of nitrogens with one attached hydrogen (secondary N) is 1. The summed E-state index contributed by atoms with van der Waals surface area (Å²) in [6.07, 6.45) is 0. The fourth-order valence-electron chi connectivity index (χ4n) is 1.81. The van der Waals surface area contributed by atoms with Gasteiger partial charge in [-0.05, 0) is 25.1 Å². The number of hydrogen-bond donors (Lipinski definition) is 1. The smallest absolute Gasteiger partial charge is 0.101 e. The Balaban J connectivity index is 2.24. The van der Waals surface area contributed by atoms with Gasteiger partial charge in [0.05, 0.1) is 34.2 Å². The lowest BCUT2D eigenvalue weighted by Gasteiger charge is -2.09. The third-order valence-electron chi connectivity index (χ3n) is 2.81. The number of nitrogens with zero attached hydrogens (tertiary/aromatic N) is 3. The van der Waals surface area contributed by atoms with Crippen LogP contribution in [0.4, 0.5) is 5.69 Å². The number of aryl methyl sites for hydroxylation is 2. The fraction of sp³-hybridized carbons (Fsp3) is 0.231. The van der Waals surface area contributed by atoms with Crippen LogP contribution in [-0.4, -0.2) is 9.78 Å². The summed E-state index contributed by atoms with van der Waals surface area (Å²) in [5.41, 5.74) is 2.87. The van der Waals surface area contributed by atoms with Crippen molar-refractivity contribution in [1.82, 2.24) is 9.78 Å². The van der Waals surface area contributed by atoms with E-state index < -0.39 is 0 Å². The molecule has 0 amide bonds. The van der Waals surface area contributed by atoms with Crippen LogP contribution in [0.15, 0.2) is 18.2 Å². The SMILES string of the molecule is Cc1nn(C)c(CNc2cc(Cl)ccc2C#N)c1Cl. The Bertz CT molecular complexity index is 655. The summed E-state index contributed by atoms with van der Waals surface area (Å²) in [4.78, 5) is 0. The van der Waals surface area contributed by atoms with Gasteiger partial charge in [-0.15, -0.1) is 0 Å². The number of benzene rings is 1. The second-order valence-corrected chi connectivity index (χ2v) is 4.94. The zero-order valence-electron chi connectivity index (χ0n) is 10.5. The maximum absolute atomic E-state index is 9.04. The highest BCUT2D eigenvalue weighted by Crippen LogP contribution is 2.24. The molecule has 1 aromatic heterocycles. The molecule has 98 valence electrons. The normalized spacial score (nSPS) is 10.3. The molecule has 0 unspecified atom stereocenters. The van der Waals surface area contributed by atoms with Crippen molar-refractivity contribution in [2.45, 2.75) is 13.5 Å². The largest absolute Gasteiger partial charge is 0.378 e. The lowest BCUT2D eigenvalue weighted by Crippen LogP contribution is -2.07. The monoisotopic (exact) mass is 294 g/mol. The van der Waals surface area contributed by atoms with Crippen LogP contribution in [0, 0.1) is 18.3 Å². The highest BCUT2D eigenvalue weighted by atomic mass is 35.5. The van der Waals surface area contributed by atoms with E-state index in [1.807, 2.05) is 14.0 Å². The van der Waals surface area contributed by atoms with Gasteiger partial charge in [0.25, 0.3) is 0 Å². The summed E-state index contributed by atoms with van der Waals surface area (Å²) in [5, 5.41) is 17.7. The predicted octanol–water partition coefficient (Wildman–Crippen LogP) is 3.52. The van der Waals surface area contributed by atoms with Crippen molar-refractivity contribution in [3.05, 3.63) is 45.2 Å². The third-order valence-corrected chi connectivity index (χ3v) is 3.54. The molecule has 0 aliphatic heterocycles. The van der Waals surface area contributed by atoms with Gasteiger partial charge in [0.15, 0.2) is 0 Å². The topological polar surface area (TPSA) is 53.6 Å². The van der Waals surface area contributed by atoms with E-state index in [1.54, 1.807) is 22.9 Å². The van der Waals surface area contributed by atoms with Gasteiger partial charge in [0.1, 0.15) is 6.07 Å². The predicted molar refractivity (Wildman–Crippen MR) is 76.4 cm³/mol. The highest BCUT2D eigenvalue weighted by molar-refractivity contribution is 6.32. The van der Waals surface area contributed by atoms with Crippen molar-refractivity contribution in [1.29, 1.82) is 5.26 Å². The molecular weight excluding hydrogens is 283 g/mol. The van der Waals surface area contributed by atoms with Crippen LogP contribution in [0.1, 0.15) is 17.0 Å². The molecule has 0 radical (unpaired) electrons. The molecule has 0 aliphatic rings. The first-order valence-corrected chi connectivity index (χ1v) is 6.40. The Kier molecular flexibility index (Phi) is 3.98. The summed E-state index contributed by atoms with van der Waals surface area (Å²) in [7, 11) is 1.83. The van der Waals surface area contributed by atoms with Crippen molar-refractivity contribution in [2.75, 3.05) is 5.32 Å². The number of rotatable bonds is 3. The molecule has 1 N–H and O–H groups in total.